The third kappa shape index (κ3) is 2.88. The van der Waals surface area contributed by atoms with Gasteiger partial charge in [-0.25, -0.2) is 4.98 Å². The summed E-state index contributed by atoms with van der Waals surface area (Å²) in [5.74, 6) is 1.26. The zero-order valence-electron chi connectivity index (χ0n) is 14.7. The molecule has 4 rings (SSSR count). The first-order valence-electron chi connectivity index (χ1n) is 8.49. The highest BCUT2D eigenvalue weighted by molar-refractivity contribution is 7.18. The van der Waals surface area contributed by atoms with Crippen LogP contribution in [0, 0.1) is 0 Å². The van der Waals surface area contributed by atoms with Crippen molar-refractivity contribution in [3.8, 4) is 11.5 Å². The van der Waals surface area contributed by atoms with Crippen LogP contribution in [-0.4, -0.2) is 30.1 Å². The Labute approximate surface area is 154 Å². The van der Waals surface area contributed by atoms with Gasteiger partial charge in [-0.15, -0.1) is 11.3 Å². The summed E-state index contributed by atoms with van der Waals surface area (Å²) in [6.45, 7) is 0. The zero-order chi connectivity index (χ0) is 18.1. The lowest BCUT2D eigenvalue weighted by Crippen LogP contribution is -2.18. The van der Waals surface area contributed by atoms with Gasteiger partial charge in [0.2, 0.25) is 0 Å². The molecule has 0 N–H and O–H groups in total. The number of aromatic nitrogens is 2. The van der Waals surface area contributed by atoms with Crippen molar-refractivity contribution in [3.63, 3.8) is 0 Å². The number of thiophene rings is 1. The van der Waals surface area contributed by atoms with Crippen LogP contribution < -0.4 is 15.0 Å². The van der Waals surface area contributed by atoms with Crippen molar-refractivity contribution in [2.45, 2.75) is 25.7 Å². The topological polar surface area (TPSA) is 65.7 Å². The minimum absolute atomic E-state index is 0.105. The van der Waals surface area contributed by atoms with E-state index in [1.807, 2.05) is 12.1 Å². The molecule has 2 heterocycles. The first-order valence-corrected chi connectivity index (χ1v) is 9.31. The number of rotatable bonds is 4. The number of methoxy groups -OCH3 is 2. The van der Waals surface area contributed by atoms with E-state index in [1.54, 1.807) is 37.8 Å². The summed E-state index contributed by atoms with van der Waals surface area (Å²) in [5, 5.41) is 5.04. The second-order valence-corrected chi connectivity index (χ2v) is 7.23. The summed E-state index contributed by atoms with van der Waals surface area (Å²) in [6.07, 6.45) is 7.42. The van der Waals surface area contributed by atoms with Gasteiger partial charge >= 0.3 is 0 Å². The van der Waals surface area contributed by atoms with Crippen molar-refractivity contribution in [1.29, 1.82) is 0 Å². The van der Waals surface area contributed by atoms with Gasteiger partial charge in [0.1, 0.15) is 11.2 Å². The molecule has 2 aromatic heterocycles. The normalized spacial score (nSPS) is 13.9. The van der Waals surface area contributed by atoms with Crippen LogP contribution in [0.5, 0.6) is 11.5 Å². The molecule has 0 saturated heterocycles. The van der Waals surface area contributed by atoms with E-state index in [4.69, 9.17) is 9.47 Å². The van der Waals surface area contributed by atoms with Gasteiger partial charge in [0, 0.05) is 4.88 Å². The molecule has 134 valence electrons. The Morgan fingerprint density at radius 3 is 2.81 bits per heavy atom. The maximum Gasteiger partial charge on any atom is 0.282 e. The van der Waals surface area contributed by atoms with E-state index in [2.05, 4.69) is 10.1 Å². The summed E-state index contributed by atoms with van der Waals surface area (Å²) in [5.41, 5.74) is 1.87. The largest absolute Gasteiger partial charge is 0.493 e. The van der Waals surface area contributed by atoms with Crippen molar-refractivity contribution < 1.29 is 9.47 Å². The highest BCUT2D eigenvalue weighted by Gasteiger charge is 2.19. The lowest BCUT2D eigenvalue weighted by molar-refractivity contribution is 0.355. The Bertz CT molecular complexity index is 1050. The number of hydrogen-bond donors (Lipinski definition) is 0. The van der Waals surface area contributed by atoms with Gasteiger partial charge < -0.3 is 9.47 Å². The summed E-state index contributed by atoms with van der Waals surface area (Å²) in [6, 6.07) is 5.47. The van der Waals surface area contributed by atoms with Gasteiger partial charge in [-0.1, -0.05) is 0 Å². The number of hydrogen-bond acceptors (Lipinski definition) is 6. The number of fused-ring (bicyclic) bond motifs is 3. The van der Waals surface area contributed by atoms with Crippen LogP contribution in [0.1, 0.15) is 28.8 Å². The summed E-state index contributed by atoms with van der Waals surface area (Å²) in [4.78, 5) is 19.4. The Balaban J connectivity index is 1.72. The summed E-state index contributed by atoms with van der Waals surface area (Å²) in [7, 11) is 3.18. The molecule has 0 spiro atoms. The van der Waals surface area contributed by atoms with E-state index in [1.165, 1.54) is 27.9 Å². The first-order chi connectivity index (χ1) is 12.7. The molecule has 0 amide bonds. The maximum atomic E-state index is 12.9. The SMILES string of the molecule is COc1ccc(/C=N\n2cnc3sc4c(c3c2=O)CCCC4)cc1OC. The van der Waals surface area contributed by atoms with E-state index < -0.39 is 0 Å². The maximum absolute atomic E-state index is 12.9. The molecule has 6 nitrogen and oxygen atoms in total. The average molecular weight is 369 g/mol. The van der Waals surface area contributed by atoms with Gasteiger partial charge in [-0.2, -0.15) is 9.78 Å². The molecule has 7 heteroatoms. The van der Waals surface area contributed by atoms with E-state index in [-0.39, 0.29) is 5.56 Å². The fraction of sp³-hybridized carbons (Fsp3) is 0.316. The fourth-order valence-electron chi connectivity index (χ4n) is 3.28. The lowest BCUT2D eigenvalue weighted by atomic mass is 9.97. The molecule has 1 aliphatic carbocycles. The van der Waals surface area contributed by atoms with Crippen molar-refractivity contribution in [2.24, 2.45) is 5.10 Å². The average Bonchev–Trinajstić information content (AvgIpc) is 3.06. The molecular weight excluding hydrogens is 350 g/mol. The third-order valence-corrected chi connectivity index (χ3v) is 5.80. The van der Waals surface area contributed by atoms with Crippen LogP contribution in [0.2, 0.25) is 0 Å². The molecule has 1 aromatic carbocycles. The van der Waals surface area contributed by atoms with Crippen molar-refractivity contribution in [1.82, 2.24) is 9.66 Å². The lowest BCUT2D eigenvalue weighted by Gasteiger charge is -2.09. The van der Waals surface area contributed by atoms with E-state index in [0.717, 1.165) is 35.0 Å². The summed E-state index contributed by atoms with van der Waals surface area (Å²) < 4.78 is 11.8. The second kappa shape index (κ2) is 6.92. The van der Waals surface area contributed by atoms with E-state index in [0.29, 0.717) is 11.5 Å². The standard InChI is InChI=1S/C19H19N3O3S/c1-24-14-8-7-12(9-15(14)25-2)10-21-22-11-20-18-17(19(22)23)13-5-3-4-6-16(13)26-18/h7-11H,3-6H2,1-2H3/b21-10-. The predicted molar refractivity (Wildman–Crippen MR) is 103 cm³/mol. The number of aryl methyl sites for hydroxylation is 2. The molecule has 0 unspecified atom stereocenters. The molecule has 0 fully saturated rings. The Morgan fingerprint density at radius 1 is 1.19 bits per heavy atom. The van der Waals surface area contributed by atoms with Crippen molar-refractivity contribution in [3.05, 3.63) is 50.9 Å². The van der Waals surface area contributed by atoms with Crippen LogP contribution in [0.3, 0.4) is 0 Å². The van der Waals surface area contributed by atoms with Crippen molar-refractivity contribution in [2.75, 3.05) is 14.2 Å². The third-order valence-electron chi connectivity index (χ3n) is 4.60. The van der Waals surface area contributed by atoms with Crippen molar-refractivity contribution >= 4 is 27.8 Å². The van der Waals surface area contributed by atoms with Crippen LogP contribution >= 0.6 is 11.3 Å². The predicted octanol–water partition coefficient (Wildman–Crippen LogP) is 3.24. The smallest absolute Gasteiger partial charge is 0.282 e. The molecule has 0 bridgehead atoms. The van der Waals surface area contributed by atoms with Gasteiger partial charge in [0.15, 0.2) is 11.5 Å². The Kier molecular flexibility index (Phi) is 4.46. The van der Waals surface area contributed by atoms with Crippen LogP contribution in [-0.2, 0) is 12.8 Å². The van der Waals surface area contributed by atoms with Gasteiger partial charge in [-0.05, 0) is 55.0 Å². The fourth-order valence-corrected chi connectivity index (χ4v) is 4.50. The first kappa shape index (κ1) is 16.8. The van der Waals surface area contributed by atoms with Gasteiger partial charge in [-0.3, -0.25) is 4.79 Å². The quantitative estimate of drug-likeness (QED) is 0.662. The Morgan fingerprint density at radius 2 is 2.00 bits per heavy atom. The number of benzene rings is 1. The number of ether oxygens (including phenoxy) is 2. The van der Waals surface area contributed by atoms with Gasteiger partial charge in [0.25, 0.3) is 5.56 Å². The summed E-state index contributed by atoms with van der Waals surface area (Å²) >= 11 is 1.64. The van der Waals surface area contributed by atoms with E-state index in [9.17, 15) is 4.79 Å². The molecule has 0 atom stereocenters. The molecule has 0 aliphatic heterocycles. The highest BCUT2D eigenvalue weighted by atomic mass is 32.1. The molecular formula is C19H19N3O3S. The van der Waals surface area contributed by atoms with Crippen LogP contribution in [0.15, 0.2) is 34.4 Å². The number of nitrogens with zero attached hydrogens (tertiary/aromatic N) is 3. The highest BCUT2D eigenvalue weighted by Crippen LogP contribution is 2.33. The zero-order valence-corrected chi connectivity index (χ0v) is 15.5. The minimum Gasteiger partial charge on any atom is -0.493 e. The van der Waals surface area contributed by atoms with Crippen LogP contribution in [0.25, 0.3) is 10.2 Å². The Hall–Kier alpha value is -2.67. The molecule has 3 aromatic rings. The minimum atomic E-state index is -0.105. The monoisotopic (exact) mass is 369 g/mol. The van der Waals surface area contributed by atoms with Gasteiger partial charge in [0.05, 0.1) is 25.8 Å². The molecule has 0 radical (unpaired) electrons. The second-order valence-electron chi connectivity index (χ2n) is 6.14. The molecule has 1 aliphatic rings. The van der Waals surface area contributed by atoms with Crippen LogP contribution in [0.4, 0.5) is 0 Å². The van der Waals surface area contributed by atoms with E-state index >= 15 is 0 Å². The molecule has 26 heavy (non-hydrogen) atoms. The molecule has 0 saturated carbocycles.